The molecule has 0 aliphatic carbocycles. The first kappa shape index (κ1) is 15.9. The van der Waals surface area contributed by atoms with Crippen molar-refractivity contribution in [3.05, 3.63) is 56.6 Å². The predicted octanol–water partition coefficient (Wildman–Crippen LogP) is 1.57. The van der Waals surface area contributed by atoms with E-state index >= 15 is 0 Å². The van der Waals surface area contributed by atoms with E-state index in [1.807, 2.05) is 0 Å². The lowest BCUT2D eigenvalue weighted by atomic mass is 10.1. The van der Waals surface area contributed by atoms with Crippen LogP contribution in [0.1, 0.15) is 22.2 Å². The molecule has 10 heteroatoms. The zero-order chi connectivity index (χ0) is 16.3. The van der Waals surface area contributed by atoms with Crippen molar-refractivity contribution in [1.82, 2.24) is 15.5 Å². The van der Waals surface area contributed by atoms with Gasteiger partial charge in [0.05, 0.1) is 16.0 Å². The van der Waals surface area contributed by atoms with Crippen LogP contribution in [0.25, 0.3) is 0 Å². The number of nitro groups is 1. The number of amides is 1. The number of aliphatic hydroxyl groups excluding tert-OH is 1. The molecule has 0 spiro atoms. The number of hydrogen-bond donors (Lipinski definition) is 3. The number of nitrogens with zero attached hydrogens (tertiary/aromatic N) is 2. The monoisotopic (exact) mass is 328 g/mol. The fourth-order valence-corrected chi connectivity index (χ4v) is 1.82. The Hall–Kier alpha value is -2.52. The number of aliphatic hydroxyl groups is 1. The minimum Gasteiger partial charge on any atom is -0.387 e. The maximum Gasteiger partial charge on any atom is 0.319 e. The Kier molecular flexibility index (Phi) is 4.68. The summed E-state index contributed by atoms with van der Waals surface area (Å²) in [6, 6.07) is 3.72. The molecular formula is C12H10ClFN4O4. The second kappa shape index (κ2) is 6.50. The van der Waals surface area contributed by atoms with Gasteiger partial charge < -0.3 is 10.4 Å². The molecule has 8 nitrogen and oxygen atoms in total. The van der Waals surface area contributed by atoms with Gasteiger partial charge in [-0.2, -0.15) is 5.10 Å². The molecule has 3 N–H and O–H groups in total. The second-order valence-corrected chi connectivity index (χ2v) is 4.69. The van der Waals surface area contributed by atoms with Crippen molar-refractivity contribution in [2.24, 2.45) is 0 Å². The summed E-state index contributed by atoms with van der Waals surface area (Å²) in [6.07, 6.45) is -0.294. The third-order valence-electron chi connectivity index (χ3n) is 2.83. The molecule has 1 aromatic carbocycles. The average molecular weight is 329 g/mol. The van der Waals surface area contributed by atoms with E-state index in [-0.39, 0.29) is 22.8 Å². The summed E-state index contributed by atoms with van der Waals surface area (Å²) < 4.78 is 13.3. The SMILES string of the molecule is O=C(NCC(O)c1ccc(Cl)c(F)c1)c1[nH]ncc1[N+](=O)[O-]. The van der Waals surface area contributed by atoms with E-state index in [2.05, 4.69) is 15.5 Å². The third-order valence-corrected chi connectivity index (χ3v) is 3.13. The van der Waals surface area contributed by atoms with E-state index in [1.165, 1.54) is 12.1 Å². The number of carbonyl (C=O) groups is 1. The van der Waals surface area contributed by atoms with Crippen LogP contribution < -0.4 is 5.32 Å². The van der Waals surface area contributed by atoms with Crippen molar-refractivity contribution in [3.63, 3.8) is 0 Å². The van der Waals surface area contributed by atoms with Gasteiger partial charge in [0.1, 0.15) is 12.0 Å². The molecule has 2 rings (SSSR count). The number of aromatic amines is 1. The molecule has 1 amide bonds. The van der Waals surface area contributed by atoms with E-state index in [1.54, 1.807) is 0 Å². The van der Waals surface area contributed by atoms with E-state index in [9.17, 15) is 24.4 Å². The van der Waals surface area contributed by atoms with Gasteiger partial charge in [-0.3, -0.25) is 20.0 Å². The summed E-state index contributed by atoms with van der Waals surface area (Å²) in [7, 11) is 0. The minimum atomic E-state index is -1.20. The molecule has 116 valence electrons. The Labute approximate surface area is 128 Å². The van der Waals surface area contributed by atoms with Crippen molar-refractivity contribution >= 4 is 23.2 Å². The van der Waals surface area contributed by atoms with Crippen LogP contribution in [-0.2, 0) is 0 Å². The van der Waals surface area contributed by atoms with Gasteiger partial charge in [-0.05, 0) is 17.7 Å². The largest absolute Gasteiger partial charge is 0.387 e. The summed E-state index contributed by atoms with van der Waals surface area (Å²) >= 11 is 5.53. The summed E-state index contributed by atoms with van der Waals surface area (Å²) in [5, 5.41) is 28.4. The highest BCUT2D eigenvalue weighted by Crippen LogP contribution is 2.20. The van der Waals surface area contributed by atoms with Gasteiger partial charge in [-0.25, -0.2) is 4.39 Å². The van der Waals surface area contributed by atoms with Gasteiger partial charge in [-0.15, -0.1) is 0 Å². The van der Waals surface area contributed by atoms with Crippen molar-refractivity contribution in [2.45, 2.75) is 6.10 Å². The first-order valence-electron chi connectivity index (χ1n) is 5.99. The molecule has 2 aromatic rings. The summed E-state index contributed by atoms with van der Waals surface area (Å²) in [5.74, 6) is -1.51. The number of halogens is 2. The minimum absolute atomic E-state index is 0.0897. The van der Waals surface area contributed by atoms with Crippen LogP contribution in [-0.4, -0.2) is 32.7 Å². The number of H-pyrrole nitrogens is 1. The molecule has 0 bridgehead atoms. The van der Waals surface area contributed by atoms with Gasteiger partial charge >= 0.3 is 5.69 Å². The van der Waals surface area contributed by atoms with Gasteiger partial charge in [0.15, 0.2) is 0 Å². The number of hydrogen-bond acceptors (Lipinski definition) is 5. The molecule has 22 heavy (non-hydrogen) atoms. The highest BCUT2D eigenvalue weighted by atomic mass is 35.5. The van der Waals surface area contributed by atoms with Gasteiger partial charge in [0.25, 0.3) is 5.91 Å². The molecule has 0 saturated carbocycles. The van der Waals surface area contributed by atoms with Crippen LogP contribution >= 0.6 is 11.6 Å². The lowest BCUT2D eigenvalue weighted by molar-refractivity contribution is -0.385. The Morgan fingerprint density at radius 3 is 2.95 bits per heavy atom. The third kappa shape index (κ3) is 3.38. The van der Waals surface area contributed by atoms with Crippen LogP contribution in [0.4, 0.5) is 10.1 Å². The fraction of sp³-hybridized carbons (Fsp3) is 0.167. The van der Waals surface area contributed by atoms with Crippen LogP contribution in [0.15, 0.2) is 24.4 Å². The summed E-state index contributed by atoms with van der Waals surface area (Å²) in [5.41, 5.74) is -0.606. The number of benzene rings is 1. The highest BCUT2D eigenvalue weighted by Gasteiger charge is 2.23. The number of aromatic nitrogens is 2. The number of nitrogens with one attached hydrogen (secondary N) is 2. The van der Waals surface area contributed by atoms with Crippen molar-refractivity contribution < 1.29 is 19.2 Å². The zero-order valence-electron chi connectivity index (χ0n) is 10.9. The molecular weight excluding hydrogens is 319 g/mol. The number of rotatable bonds is 5. The number of carbonyl (C=O) groups excluding carboxylic acids is 1. The molecule has 1 atom stereocenters. The molecule has 1 aromatic heterocycles. The lowest BCUT2D eigenvalue weighted by Gasteiger charge is -2.12. The van der Waals surface area contributed by atoms with Crippen LogP contribution in [0, 0.1) is 15.9 Å². The summed E-state index contributed by atoms with van der Waals surface area (Å²) in [6.45, 7) is -0.268. The summed E-state index contributed by atoms with van der Waals surface area (Å²) in [4.78, 5) is 21.7. The molecule has 0 radical (unpaired) electrons. The van der Waals surface area contributed by atoms with Gasteiger partial charge in [-0.1, -0.05) is 17.7 Å². The van der Waals surface area contributed by atoms with Crippen LogP contribution in [0.3, 0.4) is 0 Å². The molecule has 0 aliphatic rings. The quantitative estimate of drug-likeness (QED) is 0.568. The van der Waals surface area contributed by atoms with E-state index < -0.39 is 28.4 Å². The first-order chi connectivity index (χ1) is 10.4. The Morgan fingerprint density at radius 2 is 2.32 bits per heavy atom. The molecule has 1 heterocycles. The molecule has 0 aliphatic heterocycles. The maximum atomic E-state index is 13.3. The van der Waals surface area contributed by atoms with Crippen LogP contribution in [0.2, 0.25) is 5.02 Å². The van der Waals surface area contributed by atoms with E-state index in [0.717, 1.165) is 12.3 Å². The first-order valence-corrected chi connectivity index (χ1v) is 6.37. The maximum absolute atomic E-state index is 13.3. The van der Waals surface area contributed by atoms with Crippen molar-refractivity contribution in [1.29, 1.82) is 0 Å². The van der Waals surface area contributed by atoms with E-state index in [4.69, 9.17) is 11.6 Å². The molecule has 0 fully saturated rings. The average Bonchev–Trinajstić information content (AvgIpc) is 2.97. The molecule has 0 saturated heterocycles. The van der Waals surface area contributed by atoms with Gasteiger partial charge in [0, 0.05) is 6.54 Å². The smallest absolute Gasteiger partial charge is 0.319 e. The van der Waals surface area contributed by atoms with Crippen molar-refractivity contribution in [2.75, 3.05) is 6.54 Å². The highest BCUT2D eigenvalue weighted by molar-refractivity contribution is 6.30. The van der Waals surface area contributed by atoms with Gasteiger partial charge in [0.2, 0.25) is 5.69 Å². The second-order valence-electron chi connectivity index (χ2n) is 4.29. The van der Waals surface area contributed by atoms with E-state index in [0.29, 0.717) is 0 Å². The Morgan fingerprint density at radius 1 is 1.59 bits per heavy atom. The Bertz CT molecular complexity index is 721. The topological polar surface area (TPSA) is 121 Å². The normalized spacial score (nSPS) is 12.0. The fourth-order valence-electron chi connectivity index (χ4n) is 1.70. The standard InChI is InChI=1S/C12H10ClFN4O4/c13-7-2-1-6(3-8(7)14)10(19)5-15-12(20)11-9(18(21)22)4-16-17-11/h1-4,10,19H,5H2,(H,15,20)(H,16,17). The van der Waals surface area contributed by atoms with Crippen molar-refractivity contribution in [3.8, 4) is 0 Å². The zero-order valence-corrected chi connectivity index (χ0v) is 11.7. The lowest BCUT2D eigenvalue weighted by Crippen LogP contribution is -2.29. The predicted molar refractivity (Wildman–Crippen MR) is 73.9 cm³/mol. The Balaban J connectivity index is 2.02. The molecule has 1 unspecified atom stereocenters. The van der Waals surface area contributed by atoms with Crippen LogP contribution in [0.5, 0.6) is 0 Å².